The molecule has 0 aromatic heterocycles. The average Bonchev–Trinajstić information content (AvgIpc) is 2.62. The highest BCUT2D eigenvalue weighted by atomic mass is 16.4. The lowest BCUT2D eigenvalue weighted by Crippen LogP contribution is -2.45. The number of benzene rings is 2. The Balaban J connectivity index is 2.19. The number of nitrogens with one attached hydrogen (secondary N) is 2. The van der Waals surface area contributed by atoms with Gasteiger partial charge in [-0.3, -0.25) is 9.59 Å². The Hall–Kier alpha value is -3.41. The molecule has 26 heavy (non-hydrogen) atoms. The molecule has 0 saturated carbocycles. The van der Waals surface area contributed by atoms with Gasteiger partial charge < -0.3 is 15.7 Å². The number of amides is 2. The van der Waals surface area contributed by atoms with Gasteiger partial charge in [0.1, 0.15) is 11.7 Å². The molecule has 0 spiro atoms. The molecular formula is C20H20N2O4. The minimum Gasteiger partial charge on any atom is -0.480 e. The number of hydrogen-bond donors (Lipinski definition) is 3. The molecule has 0 radical (unpaired) electrons. The van der Waals surface area contributed by atoms with Gasteiger partial charge in [0.2, 0.25) is 5.91 Å². The predicted octanol–water partition coefficient (Wildman–Crippen LogP) is 1.98. The summed E-state index contributed by atoms with van der Waals surface area (Å²) in [4.78, 5) is 35.5. The summed E-state index contributed by atoms with van der Waals surface area (Å²) in [5, 5.41) is 14.3. The van der Waals surface area contributed by atoms with Crippen LogP contribution in [0, 0.1) is 0 Å². The molecule has 0 aliphatic carbocycles. The minimum atomic E-state index is -1.15. The summed E-state index contributed by atoms with van der Waals surface area (Å²) in [5.41, 5.74) is 1.48. The Bertz CT molecular complexity index is 801. The molecule has 1 atom stereocenters. The van der Waals surface area contributed by atoms with E-state index in [1.54, 1.807) is 48.5 Å². The van der Waals surface area contributed by atoms with Crippen molar-refractivity contribution in [1.82, 2.24) is 10.6 Å². The molecule has 2 rings (SSSR count). The molecule has 2 amide bonds. The molecule has 0 aliphatic rings. The third kappa shape index (κ3) is 5.90. The number of carboxylic acid groups (broad SMARTS) is 1. The van der Waals surface area contributed by atoms with Crippen LogP contribution in [0.2, 0.25) is 0 Å². The summed E-state index contributed by atoms with van der Waals surface area (Å²) >= 11 is 0. The zero-order valence-electron chi connectivity index (χ0n) is 14.3. The van der Waals surface area contributed by atoms with Crippen molar-refractivity contribution < 1.29 is 19.5 Å². The van der Waals surface area contributed by atoms with Gasteiger partial charge in [-0.2, -0.15) is 0 Å². The van der Waals surface area contributed by atoms with Crippen molar-refractivity contribution >= 4 is 23.9 Å². The standard InChI is InChI=1S/C20H20N2O4/c1-14(23)21-17(12-15-8-4-2-5-9-15)19(24)22-18(20(25)26)13-16-10-6-3-7-11-16/h2-12,18H,13H2,1H3,(H,21,23)(H,22,24)(H,25,26)/t18-/m1/s1. The van der Waals surface area contributed by atoms with Gasteiger partial charge >= 0.3 is 5.97 Å². The highest BCUT2D eigenvalue weighted by molar-refractivity contribution is 6.02. The van der Waals surface area contributed by atoms with E-state index in [4.69, 9.17) is 0 Å². The Morgan fingerprint density at radius 1 is 1.00 bits per heavy atom. The number of carboxylic acids is 1. The van der Waals surface area contributed by atoms with Crippen LogP contribution >= 0.6 is 0 Å². The van der Waals surface area contributed by atoms with E-state index >= 15 is 0 Å². The van der Waals surface area contributed by atoms with E-state index in [2.05, 4.69) is 10.6 Å². The molecule has 0 saturated heterocycles. The monoisotopic (exact) mass is 352 g/mol. The van der Waals surface area contributed by atoms with E-state index in [1.807, 2.05) is 12.1 Å². The maximum Gasteiger partial charge on any atom is 0.326 e. The fourth-order valence-electron chi connectivity index (χ4n) is 2.35. The molecule has 0 fully saturated rings. The Morgan fingerprint density at radius 3 is 2.12 bits per heavy atom. The predicted molar refractivity (Wildman–Crippen MR) is 97.9 cm³/mol. The van der Waals surface area contributed by atoms with Crippen molar-refractivity contribution in [3.63, 3.8) is 0 Å². The lowest BCUT2D eigenvalue weighted by atomic mass is 10.1. The molecule has 2 aromatic rings. The molecule has 134 valence electrons. The minimum absolute atomic E-state index is 0.0111. The van der Waals surface area contributed by atoms with Crippen LogP contribution in [0.5, 0.6) is 0 Å². The number of carbonyl (C=O) groups is 3. The second kappa shape index (κ2) is 9.17. The van der Waals surface area contributed by atoms with Crippen LogP contribution in [0.4, 0.5) is 0 Å². The van der Waals surface area contributed by atoms with E-state index in [9.17, 15) is 19.5 Å². The molecule has 3 N–H and O–H groups in total. The third-order valence-electron chi connectivity index (χ3n) is 3.55. The number of aliphatic carboxylic acids is 1. The summed E-state index contributed by atoms with van der Waals surface area (Å²) < 4.78 is 0. The maximum absolute atomic E-state index is 12.5. The van der Waals surface area contributed by atoms with E-state index in [0.29, 0.717) is 5.56 Å². The normalized spacial score (nSPS) is 12.1. The van der Waals surface area contributed by atoms with Gasteiger partial charge in [0.15, 0.2) is 0 Å². The fourth-order valence-corrected chi connectivity index (χ4v) is 2.35. The van der Waals surface area contributed by atoms with Crippen LogP contribution < -0.4 is 10.6 Å². The maximum atomic E-state index is 12.5. The molecule has 0 bridgehead atoms. The Kier molecular flexibility index (Phi) is 6.68. The van der Waals surface area contributed by atoms with Crippen molar-refractivity contribution in [2.75, 3.05) is 0 Å². The summed E-state index contributed by atoms with van der Waals surface area (Å²) in [6, 6.07) is 16.9. The Morgan fingerprint density at radius 2 is 1.58 bits per heavy atom. The molecule has 2 aromatic carbocycles. The van der Waals surface area contributed by atoms with Gasteiger partial charge in [0.25, 0.3) is 5.91 Å². The molecule has 6 nitrogen and oxygen atoms in total. The van der Waals surface area contributed by atoms with Gasteiger partial charge in [0.05, 0.1) is 0 Å². The largest absolute Gasteiger partial charge is 0.480 e. The van der Waals surface area contributed by atoms with Crippen molar-refractivity contribution in [2.24, 2.45) is 0 Å². The highest BCUT2D eigenvalue weighted by Crippen LogP contribution is 2.07. The van der Waals surface area contributed by atoms with Crippen LogP contribution in [0.1, 0.15) is 18.1 Å². The summed E-state index contributed by atoms with van der Waals surface area (Å²) in [6.45, 7) is 1.28. The van der Waals surface area contributed by atoms with Crippen molar-refractivity contribution in [3.8, 4) is 0 Å². The smallest absolute Gasteiger partial charge is 0.326 e. The highest BCUT2D eigenvalue weighted by Gasteiger charge is 2.22. The first-order valence-corrected chi connectivity index (χ1v) is 8.07. The van der Waals surface area contributed by atoms with Gasteiger partial charge in [-0.25, -0.2) is 4.79 Å². The SMILES string of the molecule is CC(=O)NC(=Cc1ccccc1)C(=O)N[C@H](Cc1ccccc1)C(=O)O. The lowest BCUT2D eigenvalue weighted by Gasteiger charge is -2.16. The van der Waals surface area contributed by atoms with Crippen LogP contribution in [0.25, 0.3) is 6.08 Å². The second-order valence-electron chi connectivity index (χ2n) is 5.70. The topological polar surface area (TPSA) is 95.5 Å². The zero-order chi connectivity index (χ0) is 18.9. The number of hydrogen-bond acceptors (Lipinski definition) is 3. The fraction of sp³-hybridized carbons (Fsp3) is 0.150. The zero-order valence-corrected chi connectivity index (χ0v) is 14.3. The third-order valence-corrected chi connectivity index (χ3v) is 3.55. The van der Waals surface area contributed by atoms with Gasteiger partial charge in [-0.05, 0) is 17.2 Å². The molecular weight excluding hydrogens is 332 g/mol. The number of carbonyl (C=O) groups excluding carboxylic acids is 2. The van der Waals surface area contributed by atoms with E-state index in [1.165, 1.54) is 13.0 Å². The first-order chi connectivity index (χ1) is 12.5. The van der Waals surface area contributed by atoms with Gasteiger partial charge in [-0.15, -0.1) is 0 Å². The lowest BCUT2D eigenvalue weighted by molar-refractivity contribution is -0.141. The first-order valence-electron chi connectivity index (χ1n) is 8.07. The summed E-state index contributed by atoms with van der Waals surface area (Å²) in [5.74, 6) is -2.23. The van der Waals surface area contributed by atoms with Crippen molar-refractivity contribution in [3.05, 3.63) is 77.5 Å². The molecule has 0 unspecified atom stereocenters. The average molecular weight is 352 g/mol. The van der Waals surface area contributed by atoms with Crippen LogP contribution in [0.15, 0.2) is 66.4 Å². The van der Waals surface area contributed by atoms with Gasteiger partial charge in [0, 0.05) is 13.3 Å². The quantitative estimate of drug-likeness (QED) is 0.664. The van der Waals surface area contributed by atoms with E-state index in [-0.39, 0.29) is 12.1 Å². The number of rotatable bonds is 7. The molecule has 6 heteroatoms. The van der Waals surface area contributed by atoms with Crippen molar-refractivity contribution in [2.45, 2.75) is 19.4 Å². The second-order valence-corrected chi connectivity index (χ2v) is 5.70. The summed E-state index contributed by atoms with van der Waals surface area (Å²) in [7, 11) is 0. The van der Waals surface area contributed by atoms with Crippen LogP contribution in [0.3, 0.4) is 0 Å². The first kappa shape index (κ1) is 18.9. The Labute approximate surface area is 151 Å². The van der Waals surface area contributed by atoms with Crippen LogP contribution in [-0.2, 0) is 20.8 Å². The van der Waals surface area contributed by atoms with Gasteiger partial charge in [-0.1, -0.05) is 60.7 Å². The summed E-state index contributed by atoms with van der Waals surface area (Å²) in [6.07, 6.45) is 1.64. The molecule has 0 heterocycles. The molecule has 0 aliphatic heterocycles. The van der Waals surface area contributed by atoms with Crippen molar-refractivity contribution in [1.29, 1.82) is 0 Å². The van der Waals surface area contributed by atoms with E-state index in [0.717, 1.165) is 5.56 Å². The van der Waals surface area contributed by atoms with Crippen LogP contribution in [-0.4, -0.2) is 28.9 Å². The van der Waals surface area contributed by atoms with E-state index < -0.39 is 23.8 Å².